The number of likely N-dealkylation sites (tertiary alicyclic amines) is 1. The number of allylic oxidation sites excluding steroid dienone is 1. The van der Waals surface area contributed by atoms with Crippen molar-refractivity contribution >= 4 is 37.4 Å². The number of nitrogens with zero attached hydrogens (tertiary/aromatic N) is 6. The van der Waals surface area contributed by atoms with Gasteiger partial charge in [0.15, 0.2) is 0 Å². The van der Waals surface area contributed by atoms with Crippen molar-refractivity contribution in [2.75, 3.05) is 32.0 Å². The zero-order chi connectivity index (χ0) is 32.4. The van der Waals surface area contributed by atoms with Crippen molar-refractivity contribution in [1.82, 2.24) is 24.6 Å². The summed E-state index contributed by atoms with van der Waals surface area (Å²) < 4.78 is 29.0. The Kier molecular flexibility index (Phi) is 9.12. The standard InChI is InChI=1S/C34H37AsFN7O3/c1-4-35(23-19-45-20-23)34(2,3)16-22(17-37)33(44)42-14-8-9-24(18-42)43-32-29(31(38)39-21-40-32)30(41-43)27-13-12-26(15-28(27)36)46-25-10-6-5-7-11-25/h5-7,10-13,15-16,21,23-24H,4,8-9,14,18-20H2,1-3H3,(H2,38,39,40)/b22-16-/t24-,35?/m1/s1. The van der Waals surface area contributed by atoms with E-state index >= 15 is 4.39 Å². The Hall–Kier alpha value is -4.26. The summed E-state index contributed by atoms with van der Waals surface area (Å²) in [5, 5.41) is 16.5. The molecule has 2 aliphatic rings. The van der Waals surface area contributed by atoms with Gasteiger partial charge in [-0.05, 0) is 18.2 Å². The van der Waals surface area contributed by atoms with Crippen molar-refractivity contribution < 1.29 is 18.7 Å². The fraction of sp³-hybridized carbons (Fsp3) is 0.382. The van der Waals surface area contributed by atoms with Crippen LogP contribution >= 0.6 is 0 Å². The van der Waals surface area contributed by atoms with Gasteiger partial charge < -0.3 is 4.74 Å². The maximum atomic E-state index is 15.6. The van der Waals surface area contributed by atoms with Gasteiger partial charge in [-0.15, -0.1) is 0 Å². The van der Waals surface area contributed by atoms with E-state index in [1.807, 2.05) is 24.3 Å². The molecule has 238 valence electrons. The van der Waals surface area contributed by atoms with E-state index in [1.54, 1.807) is 33.8 Å². The second-order valence-electron chi connectivity index (χ2n) is 12.2. The molecule has 2 fully saturated rings. The number of rotatable bonds is 9. The number of nitrogen functional groups attached to an aromatic ring is 1. The van der Waals surface area contributed by atoms with Crippen LogP contribution < -0.4 is 10.5 Å². The van der Waals surface area contributed by atoms with Crippen molar-refractivity contribution in [2.45, 2.75) is 53.8 Å². The number of para-hydroxylation sites is 1. The Morgan fingerprint density at radius 3 is 2.67 bits per heavy atom. The summed E-state index contributed by atoms with van der Waals surface area (Å²) in [6.45, 7) is 8.92. The Morgan fingerprint density at radius 2 is 2.00 bits per heavy atom. The normalized spacial score (nSPS) is 18.2. The van der Waals surface area contributed by atoms with E-state index in [9.17, 15) is 10.1 Å². The summed E-state index contributed by atoms with van der Waals surface area (Å²) in [7, 11) is 0. The number of nitriles is 1. The zero-order valence-corrected chi connectivity index (χ0v) is 28.1. The molecule has 1 unspecified atom stereocenters. The van der Waals surface area contributed by atoms with Crippen molar-refractivity contribution in [1.29, 1.82) is 5.26 Å². The number of nitrogens with two attached hydrogens (primary N) is 1. The molecule has 0 bridgehead atoms. The molecule has 2 N–H and O–H groups in total. The monoisotopic (exact) mass is 685 g/mol. The summed E-state index contributed by atoms with van der Waals surface area (Å²) in [6.07, 6.45) is 4.70. The first-order valence-electron chi connectivity index (χ1n) is 15.5. The second-order valence-corrected chi connectivity index (χ2v) is 19.4. The number of piperidine rings is 1. The summed E-state index contributed by atoms with van der Waals surface area (Å²) in [5.41, 5.74) is 7.51. The van der Waals surface area contributed by atoms with Crippen molar-refractivity contribution in [2.24, 2.45) is 0 Å². The third-order valence-corrected chi connectivity index (χ3v) is 16.0. The van der Waals surface area contributed by atoms with E-state index in [2.05, 4.69) is 36.8 Å². The van der Waals surface area contributed by atoms with Crippen molar-refractivity contribution in [3.63, 3.8) is 0 Å². The summed E-state index contributed by atoms with van der Waals surface area (Å²) in [5.74, 6) is 0.318. The van der Waals surface area contributed by atoms with E-state index in [0.29, 0.717) is 52.4 Å². The van der Waals surface area contributed by atoms with E-state index in [1.165, 1.54) is 12.4 Å². The number of hydrogen-bond donors (Lipinski definition) is 1. The third-order valence-electron chi connectivity index (χ3n) is 8.71. The average molecular weight is 686 g/mol. The predicted octanol–water partition coefficient (Wildman–Crippen LogP) is 6.32. The van der Waals surface area contributed by atoms with E-state index < -0.39 is 20.5 Å². The molecule has 10 nitrogen and oxygen atoms in total. The van der Waals surface area contributed by atoms with Gasteiger partial charge in [-0.1, -0.05) is 18.2 Å². The molecule has 4 aromatic rings. The van der Waals surface area contributed by atoms with Crippen LogP contribution in [-0.2, 0) is 9.53 Å². The molecule has 46 heavy (non-hydrogen) atoms. The second kappa shape index (κ2) is 13.2. The quantitative estimate of drug-likeness (QED) is 0.123. The number of carbonyl (C=O) groups excluding carboxylic acids is 1. The van der Waals surface area contributed by atoms with Crippen LogP contribution in [0, 0.1) is 17.1 Å². The van der Waals surface area contributed by atoms with Gasteiger partial charge in [0.05, 0.1) is 0 Å². The Morgan fingerprint density at radius 1 is 1.22 bits per heavy atom. The first-order chi connectivity index (χ1) is 22.2. The predicted molar refractivity (Wildman–Crippen MR) is 175 cm³/mol. The first-order valence-corrected chi connectivity index (χ1v) is 18.8. The van der Waals surface area contributed by atoms with Crippen LogP contribution in [-0.4, -0.2) is 71.5 Å². The molecule has 0 aliphatic carbocycles. The fourth-order valence-electron chi connectivity index (χ4n) is 6.44. The van der Waals surface area contributed by atoms with Crippen LogP contribution in [0.5, 0.6) is 11.5 Å². The van der Waals surface area contributed by atoms with Crippen LogP contribution in [0.4, 0.5) is 10.2 Å². The Balaban J connectivity index is 1.28. The molecule has 2 saturated heterocycles. The van der Waals surface area contributed by atoms with Gasteiger partial charge in [-0.25, -0.2) is 4.39 Å². The van der Waals surface area contributed by atoms with E-state index in [-0.39, 0.29) is 33.1 Å². The molecule has 2 aliphatic heterocycles. The van der Waals surface area contributed by atoms with Gasteiger partial charge in [0.2, 0.25) is 0 Å². The van der Waals surface area contributed by atoms with E-state index in [4.69, 9.17) is 20.3 Å². The van der Waals surface area contributed by atoms with Gasteiger partial charge in [-0.3, -0.25) is 0 Å². The average Bonchev–Trinajstić information content (AvgIpc) is 3.42. The van der Waals surface area contributed by atoms with Gasteiger partial charge in [0, 0.05) is 6.07 Å². The molecule has 2 aromatic heterocycles. The van der Waals surface area contributed by atoms with Gasteiger partial charge in [0.1, 0.15) is 11.5 Å². The zero-order valence-electron chi connectivity index (χ0n) is 26.2. The van der Waals surface area contributed by atoms with Gasteiger partial charge in [-0.2, -0.15) is 0 Å². The molecular formula is C34H37AsFN7O3. The summed E-state index contributed by atoms with van der Waals surface area (Å²) in [6, 6.07) is 15.7. The van der Waals surface area contributed by atoms with Crippen LogP contribution in [0.25, 0.3) is 22.3 Å². The number of halogens is 1. The van der Waals surface area contributed by atoms with E-state index in [0.717, 1.165) is 24.8 Å². The molecule has 6 rings (SSSR count). The molecule has 0 radical (unpaired) electrons. The molecular weight excluding hydrogens is 648 g/mol. The van der Waals surface area contributed by atoms with Crippen LogP contribution in [0.1, 0.15) is 39.7 Å². The number of fused-ring (bicyclic) bond motifs is 1. The molecule has 1 amide bonds. The number of amides is 1. The summed E-state index contributed by atoms with van der Waals surface area (Å²) in [4.78, 5) is 24.2. The fourth-order valence-corrected chi connectivity index (χ4v) is 13.0. The number of hydrogen-bond acceptors (Lipinski definition) is 8. The Labute approximate surface area is 272 Å². The van der Waals surface area contributed by atoms with Crippen molar-refractivity contribution in [3.8, 4) is 28.8 Å². The molecule has 0 spiro atoms. The molecule has 2 aromatic carbocycles. The minimum atomic E-state index is -1.41. The van der Waals surface area contributed by atoms with Gasteiger partial charge in [0.25, 0.3) is 0 Å². The molecule has 2 atom stereocenters. The number of ether oxygens (including phenoxy) is 2. The first kappa shape index (κ1) is 31.7. The number of anilines is 1. The number of carbonyl (C=O) groups is 1. The summed E-state index contributed by atoms with van der Waals surface area (Å²) >= 11 is -1.41. The van der Waals surface area contributed by atoms with Crippen LogP contribution in [0.15, 0.2) is 66.5 Å². The Bertz CT molecular complexity index is 1820. The number of benzene rings is 2. The number of aromatic nitrogens is 4. The van der Waals surface area contributed by atoms with Crippen LogP contribution in [0.2, 0.25) is 14.1 Å². The third kappa shape index (κ3) is 6.24. The molecule has 12 heteroatoms. The minimum absolute atomic E-state index is 0.177. The molecule has 4 heterocycles. The SMILES string of the molecule is CC[As](C1COC1)C(C)(C)/C=C(/C#N)C(=O)N1CCC[C@@H](n2nc(-c3ccc(Oc4ccccc4)cc3F)c3c(N)ncnc32)C1. The van der Waals surface area contributed by atoms with Crippen molar-refractivity contribution in [3.05, 3.63) is 72.3 Å². The topological polar surface area (TPSA) is 132 Å². The molecule has 0 saturated carbocycles. The van der Waals surface area contributed by atoms with Crippen LogP contribution in [0.3, 0.4) is 0 Å². The van der Waals surface area contributed by atoms with Gasteiger partial charge >= 0.3 is 210 Å². The maximum absolute atomic E-state index is 15.6.